The van der Waals surface area contributed by atoms with Crippen LogP contribution in [-0.2, 0) is 6.42 Å². The zero-order valence-electron chi connectivity index (χ0n) is 11.5. The molecule has 1 amide bonds. The molecular weight excluding hydrogens is 262 g/mol. The first kappa shape index (κ1) is 13.2. The normalized spacial score (nSPS) is 13.4. The molecule has 0 spiro atoms. The van der Waals surface area contributed by atoms with Crippen LogP contribution < -0.4 is 10.6 Å². The van der Waals surface area contributed by atoms with Crippen LogP contribution in [0, 0.1) is 11.3 Å². The van der Waals surface area contributed by atoms with Crippen molar-refractivity contribution in [3.8, 4) is 6.07 Å². The third-order valence-electron chi connectivity index (χ3n) is 3.79. The molecule has 1 aliphatic heterocycles. The number of rotatable bonds is 1. The Morgan fingerprint density at radius 1 is 1.19 bits per heavy atom. The predicted molar refractivity (Wildman–Crippen MR) is 82.0 cm³/mol. The van der Waals surface area contributed by atoms with E-state index in [4.69, 9.17) is 11.0 Å². The number of nitrogen functional groups attached to an aromatic ring is 1. The highest BCUT2D eigenvalue weighted by atomic mass is 16.2. The number of fused-ring (bicyclic) bond motifs is 1. The molecule has 0 aliphatic carbocycles. The zero-order valence-corrected chi connectivity index (χ0v) is 11.5. The van der Waals surface area contributed by atoms with Gasteiger partial charge in [0.1, 0.15) is 0 Å². The molecule has 1 aliphatic rings. The van der Waals surface area contributed by atoms with E-state index in [2.05, 4.69) is 6.07 Å². The Labute approximate surface area is 123 Å². The second-order valence-electron chi connectivity index (χ2n) is 5.09. The minimum atomic E-state index is -0.0500. The predicted octanol–water partition coefficient (Wildman–Crippen LogP) is 2.73. The van der Waals surface area contributed by atoms with Gasteiger partial charge in [-0.05, 0) is 54.8 Å². The molecule has 0 fully saturated rings. The van der Waals surface area contributed by atoms with E-state index >= 15 is 0 Å². The second kappa shape index (κ2) is 5.29. The fourth-order valence-corrected chi connectivity index (χ4v) is 2.71. The standard InChI is InChI=1S/C17H15N3O/c18-11-12-6-8-13(9-7-12)17(21)20-10-2-3-14-15(19)4-1-5-16(14)20/h1,4-9H,2-3,10,19H2. The van der Waals surface area contributed by atoms with Gasteiger partial charge in [-0.2, -0.15) is 5.26 Å². The fourth-order valence-electron chi connectivity index (χ4n) is 2.71. The summed E-state index contributed by atoms with van der Waals surface area (Å²) in [6, 6.07) is 14.5. The number of carbonyl (C=O) groups excluding carboxylic acids is 1. The average molecular weight is 277 g/mol. The summed E-state index contributed by atoms with van der Waals surface area (Å²) in [5, 5.41) is 8.82. The van der Waals surface area contributed by atoms with Gasteiger partial charge in [-0.3, -0.25) is 4.79 Å². The van der Waals surface area contributed by atoms with Crippen LogP contribution in [0.5, 0.6) is 0 Å². The zero-order chi connectivity index (χ0) is 14.8. The summed E-state index contributed by atoms with van der Waals surface area (Å²) in [6.45, 7) is 0.690. The monoisotopic (exact) mass is 277 g/mol. The quantitative estimate of drug-likeness (QED) is 0.815. The molecule has 3 rings (SSSR count). The lowest BCUT2D eigenvalue weighted by Crippen LogP contribution is -2.35. The van der Waals surface area contributed by atoms with E-state index in [0.29, 0.717) is 17.7 Å². The van der Waals surface area contributed by atoms with Crippen molar-refractivity contribution in [2.75, 3.05) is 17.2 Å². The first-order chi connectivity index (χ1) is 10.2. The topological polar surface area (TPSA) is 70.1 Å². The number of hydrogen-bond acceptors (Lipinski definition) is 3. The highest BCUT2D eigenvalue weighted by molar-refractivity contribution is 6.07. The first-order valence-electron chi connectivity index (χ1n) is 6.90. The second-order valence-corrected chi connectivity index (χ2v) is 5.09. The van der Waals surface area contributed by atoms with Gasteiger partial charge in [-0.25, -0.2) is 0 Å². The van der Waals surface area contributed by atoms with Gasteiger partial charge in [-0.15, -0.1) is 0 Å². The molecule has 104 valence electrons. The summed E-state index contributed by atoms with van der Waals surface area (Å²) in [6.07, 6.45) is 1.81. The molecule has 4 heteroatoms. The molecule has 2 aromatic rings. The molecule has 0 atom stereocenters. The van der Waals surface area contributed by atoms with Crippen molar-refractivity contribution in [3.63, 3.8) is 0 Å². The highest BCUT2D eigenvalue weighted by Gasteiger charge is 2.24. The smallest absolute Gasteiger partial charge is 0.258 e. The number of anilines is 2. The SMILES string of the molecule is N#Cc1ccc(C(=O)N2CCCc3c(N)cccc32)cc1. The minimum absolute atomic E-state index is 0.0500. The summed E-state index contributed by atoms with van der Waals surface area (Å²) in [7, 11) is 0. The lowest BCUT2D eigenvalue weighted by atomic mass is 9.99. The van der Waals surface area contributed by atoms with Crippen LogP contribution in [0.2, 0.25) is 0 Å². The highest BCUT2D eigenvalue weighted by Crippen LogP contribution is 2.32. The molecule has 0 saturated heterocycles. The molecule has 0 saturated carbocycles. The first-order valence-corrected chi connectivity index (χ1v) is 6.90. The van der Waals surface area contributed by atoms with Gasteiger partial charge in [0.25, 0.3) is 5.91 Å². The molecule has 0 radical (unpaired) electrons. The van der Waals surface area contributed by atoms with E-state index in [1.807, 2.05) is 18.2 Å². The van der Waals surface area contributed by atoms with Crippen LogP contribution in [0.1, 0.15) is 27.9 Å². The van der Waals surface area contributed by atoms with Crippen molar-refractivity contribution < 1.29 is 4.79 Å². The maximum absolute atomic E-state index is 12.7. The lowest BCUT2D eigenvalue weighted by molar-refractivity contribution is 0.0985. The maximum atomic E-state index is 12.7. The van der Waals surface area contributed by atoms with Crippen LogP contribution in [-0.4, -0.2) is 12.5 Å². The van der Waals surface area contributed by atoms with Gasteiger partial charge >= 0.3 is 0 Å². The van der Waals surface area contributed by atoms with Crippen molar-refractivity contribution >= 4 is 17.3 Å². The van der Waals surface area contributed by atoms with Crippen LogP contribution >= 0.6 is 0 Å². The van der Waals surface area contributed by atoms with Gasteiger partial charge < -0.3 is 10.6 Å². The molecule has 4 nitrogen and oxygen atoms in total. The fraction of sp³-hybridized carbons (Fsp3) is 0.176. The Kier molecular flexibility index (Phi) is 3.33. The van der Waals surface area contributed by atoms with E-state index in [-0.39, 0.29) is 5.91 Å². The third kappa shape index (κ3) is 2.34. The van der Waals surface area contributed by atoms with E-state index < -0.39 is 0 Å². The van der Waals surface area contributed by atoms with Crippen molar-refractivity contribution in [2.45, 2.75) is 12.8 Å². The number of nitrogens with two attached hydrogens (primary N) is 1. The van der Waals surface area contributed by atoms with Crippen molar-refractivity contribution in [1.29, 1.82) is 5.26 Å². The molecule has 2 N–H and O–H groups in total. The van der Waals surface area contributed by atoms with Crippen molar-refractivity contribution in [1.82, 2.24) is 0 Å². The Balaban J connectivity index is 1.96. The molecule has 0 aromatic heterocycles. The lowest BCUT2D eigenvalue weighted by Gasteiger charge is -2.30. The Hall–Kier alpha value is -2.80. The average Bonchev–Trinajstić information content (AvgIpc) is 2.54. The van der Waals surface area contributed by atoms with Crippen LogP contribution in [0.25, 0.3) is 0 Å². The van der Waals surface area contributed by atoms with E-state index in [1.54, 1.807) is 29.2 Å². The molecular formula is C17H15N3O. The van der Waals surface area contributed by atoms with Gasteiger partial charge in [0.05, 0.1) is 11.6 Å². The summed E-state index contributed by atoms with van der Waals surface area (Å²) in [5.41, 5.74) is 9.83. The molecule has 0 bridgehead atoms. The molecule has 0 unspecified atom stereocenters. The molecule has 1 heterocycles. The van der Waals surface area contributed by atoms with Crippen molar-refractivity contribution in [2.24, 2.45) is 0 Å². The van der Waals surface area contributed by atoms with Crippen molar-refractivity contribution in [3.05, 3.63) is 59.2 Å². The van der Waals surface area contributed by atoms with Gasteiger partial charge in [-0.1, -0.05) is 6.07 Å². The Bertz CT molecular complexity index is 729. The largest absolute Gasteiger partial charge is 0.398 e. The number of nitrogens with zero attached hydrogens (tertiary/aromatic N) is 2. The number of carbonyl (C=O) groups is 1. The Morgan fingerprint density at radius 2 is 1.95 bits per heavy atom. The van der Waals surface area contributed by atoms with Gasteiger partial charge in [0, 0.05) is 23.5 Å². The van der Waals surface area contributed by atoms with E-state index in [9.17, 15) is 4.79 Å². The van der Waals surface area contributed by atoms with E-state index in [0.717, 1.165) is 29.8 Å². The third-order valence-corrected chi connectivity index (χ3v) is 3.79. The molecule has 21 heavy (non-hydrogen) atoms. The van der Waals surface area contributed by atoms with E-state index in [1.165, 1.54) is 0 Å². The van der Waals surface area contributed by atoms with Gasteiger partial charge in [0.15, 0.2) is 0 Å². The maximum Gasteiger partial charge on any atom is 0.258 e. The van der Waals surface area contributed by atoms with Crippen LogP contribution in [0.3, 0.4) is 0 Å². The number of amides is 1. The summed E-state index contributed by atoms with van der Waals surface area (Å²) in [5.74, 6) is -0.0500. The summed E-state index contributed by atoms with van der Waals surface area (Å²) in [4.78, 5) is 14.4. The number of nitriles is 1. The van der Waals surface area contributed by atoms with Crippen LogP contribution in [0.4, 0.5) is 11.4 Å². The summed E-state index contributed by atoms with van der Waals surface area (Å²) < 4.78 is 0. The number of benzene rings is 2. The number of hydrogen-bond donors (Lipinski definition) is 1. The Morgan fingerprint density at radius 3 is 2.67 bits per heavy atom. The molecule has 2 aromatic carbocycles. The minimum Gasteiger partial charge on any atom is -0.398 e. The van der Waals surface area contributed by atoms with Gasteiger partial charge in [0.2, 0.25) is 0 Å². The van der Waals surface area contributed by atoms with Crippen LogP contribution in [0.15, 0.2) is 42.5 Å². The summed E-state index contributed by atoms with van der Waals surface area (Å²) >= 11 is 0.